The highest BCUT2D eigenvalue weighted by Crippen LogP contribution is 2.62. The van der Waals surface area contributed by atoms with Gasteiger partial charge in [0.05, 0.1) is 7.11 Å². The highest BCUT2D eigenvalue weighted by molar-refractivity contribution is 5.92. The molecule has 8 heteroatoms. The van der Waals surface area contributed by atoms with Crippen LogP contribution in [0.1, 0.15) is 77.7 Å². The molecule has 0 spiro atoms. The molecule has 1 aliphatic heterocycles. The number of hydrogen-bond donors (Lipinski definition) is 3. The van der Waals surface area contributed by atoms with E-state index in [1.165, 1.54) is 19.3 Å². The number of amides is 2. The number of nitrogens with one attached hydrogen (secondary N) is 1. The first kappa shape index (κ1) is 31.4. The number of allylic oxidation sites excluding steroid dienone is 1. The van der Waals surface area contributed by atoms with Crippen LogP contribution in [0.5, 0.6) is 11.5 Å². The summed E-state index contributed by atoms with van der Waals surface area (Å²) < 4.78 is 5.09. The third-order valence-electron chi connectivity index (χ3n) is 10.2. The first-order valence-corrected chi connectivity index (χ1v) is 15.2. The second-order valence-electron chi connectivity index (χ2n) is 12.7. The van der Waals surface area contributed by atoms with Gasteiger partial charge in [-0.05, 0) is 98.0 Å². The number of phenols is 1. The van der Waals surface area contributed by atoms with Crippen LogP contribution in [-0.4, -0.2) is 59.6 Å². The number of carbonyl (C=O) groups excluding carboxylic acids is 2. The zero-order valence-electron chi connectivity index (χ0n) is 25.4. The van der Waals surface area contributed by atoms with Crippen LogP contribution in [-0.2, 0) is 14.4 Å². The fourth-order valence-electron chi connectivity index (χ4n) is 7.51. The van der Waals surface area contributed by atoms with Gasteiger partial charge in [0.1, 0.15) is 0 Å². The van der Waals surface area contributed by atoms with E-state index in [4.69, 9.17) is 4.74 Å². The highest BCUT2D eigenvalue weighted by Gasteiger charge is 2.55. The molecule has 1 fully saturated rings. The van der Waals surface area contributed by atoms with Gasteiger partial charge >= 0.3 is 5.97 Å². The normalized spacial score (nSPS) is 27.4. The minimum absolute atomic E-state index is 0.0280. The number of rotatable bonds is 12. The highest BCUT2D eigenvalue weighted by atomic mass is 16.5. The maximum absolute atomic E-state index is 12.7. The van der Waals surface area contributed by atoms with Gasteiger partial charge in [-0.15, -0.1) is 0 Å². The molecule has 228 valence electrons. The number of aliphatic carboxylic acids is 1. The molecule has 3 aliphatic rings. The molecule has 2 aliphatic carbocycles. The third kappa shape index (κ3) is 6.74. The Bertz CT molecular complexity index is 1280. The zero-order chi connectivity index (χ0) is 30.5. The number of fused-ring (bicyclic) bond motifs is 1. The fraction of sp³-hybridized carbons (Fsp3) is 0.559. The summed E-state index contributed by atoms with van der Waals surface area (Å²) in [7, 11) is 1.47. The van der Waals surface area contributed by atoms with E-state index < -0.39 is 5.97 Å². The van der Waals surface area contributed by atoms with Crippen LogP contribution in [0.4, 0.5) is 0 Å². The molecular weight excluding hydrogens is 532 g/mol. The molecule has 4 rings (SSSR count). The maximum Gasteiger partial charge on any atom is 0.331 e. The van der Waals surface area contributed by atoms with Crippen LogP contribution in [0.25, 0.3) is 6.08 Å². The van der Waals surface area contributed by atoms with Gasteiger partial charge in [-0.2, -0.15) is 0 Å². The molecule has 4 atom stereocenters. The average Bonchev–Trinajstić information content (AvgIpc) is 3.32. The molecule has 0 bridgehead atoms. The lowest BCUT2D eigenvalue weighted by atomic mass is 9.46. The van der Waals surface area contributed by atoms with Crippen LogP contribution in [0.3, 0.4) is 0 Å². The monoisotopic (exact) mass is 578 g/mol. The summed E-state index contributed by atoms with van der Waals surface area (Å²) in [5.74, 6) is 0.315. The number of carbonyl (C=O) groups is 3. The number of aromatic hydroxyl groups is 1. The zero-order valence-corrected chi connectivity index (χ0v) is 25.4. The van der Waals surface area contributed by atoms with E-state index in [9.17, 15) is 24.6 Å². The lowest BCUT2D eigenvalue weighted by molar-refractivity contribution is -0.137. The Labute approximate surface area is 249 Å². The lowest BCUT2D eigenvalue weighted by Gasteiger charge is -2.57. The minimum Gasteiger partial charge on any atom is -0.504 e. The van der Waals surface area contributed by atoms with Gasteiger partial charge < -0.3 is 25.2 Å². The molecule has 1 aromatic rings. The van der Waals surface area contributed by atoms with Gasteiger partial charge in [0.15, 0.2) is 11.5 Å². The molecule has 1 aromatic carbocycles. The van der Waals surface area contributed by atoms with Crippen molar-refractivity contribution in [3.8, 4) is 11.5 Å². The van der Waals surface area contributed by atoms with Crippen molar-refractivity contribution < 1.29 is 29.3 Å². The molecule has 42 heavy (non-hydrogen) atoms. The molecule has 8 nitrogen and oxygen atoms in total. The molecule has 1 saturated carbocycles. The molecular formula is C34H46N2O6. The maximum atomic E-state index is 12.7. The predicted molar refractivity (Wildman–Crippen MR) is 163 cm³/mol. The molecule has 3 N–H and O–H groups in total. The summed E-state index contributed by atoms with van der Waals surface area (Å²) in [4.78, 5) is 38.8. The van der Waals surface area contributed by atoms with Crippen molar-refractivity contribution in [2.24, 2.45) is 22.7 Å². The van der Waals surface area contributed by atoms with E-state index >= 15 is 0 Å². The van der Waals surface area contributed by atoms with Crippen LogP contribution in [0.2, 0.25) is 0 Å². The van der Waals surface area contributed by atoms with Crippen molar-refractivity contribution in [1.82, 2.24) is 10.2 Å². The Hall–Kier alpha value is -3.55. The molecule has 2 amide bonds. The van der Waals surface area contributed by atoms with Crippen molar-refractivity contribution >= 4 is 23.9 Å². The summed E-state index contributed by atoms with van der Waals surface area (Å²) in [5, 5.41) is 22.5. The third-order valence-corrected chi connectivity index (χ3v) is 10.2. The minimum atomic E-state index is -0.773. The number of carboxylic acid groups (broad SMARTS) is 1. The van der Waals surface area contributed by atoms with E-state index in [2.05, 4.69) is 26.1 Å². The number of carboxylic acids is 1. The van der Waals surface area contributed by atoms with E-state index in [-0.39, 0.29) is 28.4 Å². The van der Waals surface area contributed by atoms with Crippen molar-refractivity contribution in [1.29, 1.82) is 0 Å². The SMILES string of the molecule is COc1cc(C=CC(=O)NCCCCN2CC(CCC3(C)C(C)CCC4(C)C(C(=O)O)=CCCC43)=CC2=O)ccc1O. The number of phenolic OH excluding ortho intramolecular Hbond substituents is 1. The number of unbranched alkanes of at least 4 members (excludes halogenated alkanes) is 1. The van der Waals surface area contributed by atoms with E-state index in [0.29, 0.717) is 42.8 Å². The number of hydrogen-bond acceptors (Lipinski definition) is 5. The van der Waals surface area contributed by atoms with Crippen molar-refractivity contribution in [3.63, 3.8) is 0 Å². The van der Waals surface area contributed by atoms with Crippen LogP contribution >= 0.6 is 0 Å². The predicted octanol–water partition coefficient (Wildman–Crippen LogP) is 5.72. The molecule has 4 unspecified atom stereocenters. The first-order chi connectivity index (χ1) is 20.0. The van der Waals surface area contributed by atoms with Gasteiger partial charge in [-0.25, -0.2) is 4.79 Å². The van der Waals surface area contributed by atoms with Crippen molar-refractivity contribution in [3.05, 3.63) is 53.1 Å². The van der Waals surface area contributed by atoms with Gasteiger partial charge in [0.2, 0.25) is 11.8 Å². The summed E-state index contributed by atoms with van der Waals surface area (Å²) in [6.07, 6.45) is 14.0. The Kier molecular flexibility index (Phi) is 9.85. The van der Waals surface area contributed by atoms with E-state index in [1.807, 2.05) is 11.0 Å². The van der Waals surface area contributed by atoms with Crippen molar-refractivity contribution in [2.75, 3.05) is 26.7 Å². The van der Waals surface area contributed by atoms with Gasteiger partial charge in [-0.3, -0.25) is 9.59 Å². The summed E-state index contributed by atoms with van der Waals surface area (Å²) in [5.41, 5.74) is 2.25. The van der Waals surface area contributed by atoms with Gasteiger partial charge in [0.25, 0.3) is 0 Å². The standard InChI is InChI=1S/C34H46N2O6/c1-23-14-16-34(3)26(32(40)41)8-7-9-29(34)33(23,2)17-15-25-21-31(39)36(22-25)19-6-5-18-35-30(38)13-11-24-10-12-27(37)28(20-24)42-4/h8,10-13,20-21,23,29,37H,5-7,9,14-19,22H2,1-4H3,(H,35,38)(H,40,41). The average molecular weight is 579 g/mol. The Balaban J connectivity index is 1.21. The van der Waals surface area contributed by atoms with Crippen LogP contribution in [0.15, 0.2) is 47.6 Å². The number of methoxy groups -OCH3 is 1. The van der Waals surface area contributed by atoms with Crippen LogP contribution in [0, 0.1) is 22.7 Å². The van der Waals surface area contributed by atoms with Crippen molar-refractivity contribution in [2.45, 2.75) is 72.1 Å². The number of ether oxygens (including phenoxy) is 1. The second-order valence-corrected chi connectivity index (χ2v) is 12.7. The summed E-state index contributed by atoms with van der Waals surface area (Å²) in [6.45, 7) is 8.65. The number of nitrogens with zero attached hydrogens (tertiary/aromatic N) is 1. The summed E-state index contributed by atoms with van der Waals surface area (Å²) >= 11 is 0. The number of benzene rings is 1. The molecule has 1 heterocycles. The smallest absolute Gasteiger partial charge is 0.331 e. The quantitative estimate of drug-likeness (QED) is 0.216. The lowest BCUT2D eigenvalue weighted by Crippen LogP contribution is -2.51. The Morgan fingerprint density at radius 2 is 2.00 bits per heavy atom. The van der Waals surface area contributed by atoms with Gasteiger partial charge in [0, 0.05) is 42.8 Å². The van der Waals surface area contributed by atoms with E-state index in [1.54, 1.807) is 24.3 Å². The van der Waals surface area contributed by atoms with E-state index in [0.717, 1.165) is 62.5 Å². The van der Waals surface area contributed by atoms with Gasteiger partial charge in [-0.1, -0.05) is 32.9 Å². The molecule has 0 aromatic heterocycles. The first-order valence-electron chi connectivity index (χ1n) is 15.2. The Morgan fingerprint density at radius 1 is 1.21 bits per heavy atom. The second kappa shape index (κ2) is 13.2. The largest absolute Gasteiger partial charge is 0.504 e. The molecule has 0 radical (unpaired) electrons. The molecule has 0 saturated heterocycles. The topological polar surface area (TPSA) is 116 Å². The Morgan fingerprint density at radius 3 is 2.74 bits per heavy atom. The van der Waals surface area contributed by atoms with Crippen LogP contribution < -0.4 is 10.1 Å². The fourth-order valence-corrected chi connectivity index (χ4v) is 7.51. The summed E-state index contributed by atoms with van der Waals surface area (Å²) in [6, 6.07) is 4.88.